The van der Waals surface area contributed by atoms with Crippen LogP contribution in [0.15, 0.2) is 0 Å². The zero-order valence-corrected chi connectivity index (χ0v) is 9.08. The topological polar surface area (TPSA) is 40.5 Å². The number of rotatable bonds is 0. The first kappa shape index (κ1) is 9.17. The van der Waals surface area contributed by atoms with Crippen LogP contribution in [0.1, 0.15) is 46.0 Å². The summed E-state index contributed by atoms with van der Waals surface area (Å²) < 4.78 is 0. The summed E-state index contributed by atoms with van der Waals surface area (Å²) in [7, 11) is 0. The Bertz CT molecular complexity index is 268. The van der Waals surface area contributed by atoms with Crippen LogP contribution in [0.3, 0.4) is 0 Å². The van der Waals surface area contributed by atoms with Crippen LogP contribution in [-0.4, -0.2) is 21.9 Å². The highest BCUT2D eigenvalue weighted by Crippen LogP contribution is 2.66. The first-order chi connectivity index (χ1) is 6.34. The maximum Gasteiger partial charge on any atom is 0.0662 e. The smallest absolute Gasteiger partial charge is 0.0662 e. The van der Waals surface area contributed by atoms with Gasteiger partial charge in [-0.25, -0.2) is 0 Å². The first-order valence-electron chi connectivity index (χ1n) is 5.75. The molecule has 2 nitrogen and oxygen atoms in total. The number of aliphatic hydroxyl groups is 2. The van der Waals surface area contributed by atoms with Gasteiger partial charge in [-0.2, -0.15) is 0 Å². The average Bonchev–Trinajstić information content (AvgIpc) is 1.94. The molecule has 14 heavy (non-hydrogen) atoms. The highest BCUT2D eigenvalue weighted by Gasteiger charge is 2.63. The Morgan fingerprint density at radius 2 is 1.79 bits per heavy atom. The third kappa shape index (κ3) is 0.989. The maximum absolute atomic E-state index is 10.4. The molecule has 2 N–H and O–H groups in total. The van der Waals surface area contributed by atoms with Crippen LogP contribution in [0, 0.1) is 16.7 Å². The Morgan fingerprint density at radius 1 is 1.07 bits per heavy atom. The van der Waals surface area contributed by atoms with Gasteiger partial charge in [0.15, 0.2) is 0 Å². The van der Waals surface area contributed by atoms with Gasteiger partial charge in [-0.1, -0.05) is 13.8 Å². The Kier molecular flexibility index (Phi) is 1.44. The molecule has 5 atom stereocenters. The van der Waals surface area contributed by atoms with Gasteiger partial charge in [0.25, 0.3) is 0 Å². The van der Waals surface area contributed by atoms with Crippen molar-refractivity contribution >= 4 is 0 Å². The van der Waals surface area contributed by atoms with E-state index in [-0.39, 0.29) is 11.5 Å². The molecule has 0 aromatic carbocycles. The molecule has 0 heterocycles. The first-order valence-corrected chi connectivity index (χ1v) is 5.75. The summed E-state index contributed by atoms with van der Waals surface area (Å²) in [4.78, 5) is 0. The second kappa shape index (κ2) is 2.19. The summed E-state index contributed by atoms with van der Waals surface area (Å²) >= 11 is 0. The van der Waals surface area contributed by atoms with E-state index in [0.29, 0.717) is 11.3 Å². The summed E-state index contributed by atoms with van der Waals surface area (Å²) in [5.74, 6) is 0.353. The summed E-state index contributed by atoms with van der Waals surface area (Å²) in [6.45, 7) is 4.44. The van der Waals surface area contributed by atoms with E-state index in [1.807, 2.05) is 0 Å². The largest absolute Gasteiger partial charge is 0.392 e. The van der Waals surface area contributed by atoms with Crippen molar-refractivity contribution in [3.63, 3.8) is 0 Å². The van der Waals surface area contributed by atoms with E-state index < -0.39 is 5.60 Å². The molecule has 0 amide bonds. The van der Waals surface area contributed by atoms with Crippen LogP contribution >= 0.6 is 0 Å². The summed E-state index contributed by atoms with van der Waals surface area (Å²) in [6.07, 6.45) is 4.65. The third-order valence-corrected chi connectivity index (χ3v) is 4.88. The van der Waals surface area contributed by atoms with Gasteiger partial charge in [0.05, 0.1) is 11.7 Å². The van der Waals surface area contributed by atoms with Gasteiger partial charge < -0.3 is 10.2 Å². The predicted octanol–water partition coefficient (Wildman–Crippen LogP) is 1.70. The van der Waals surface area contributed by atoms with Gasteiger partial charge >= 0.3 is 0 Å². The van der Waals surface area contributed by atoms with Gasteiger partial charge in [-0.05, 0) is 48.9 Å². The Hall–Kier alpha value is -0.0800. The molecule has 4 bridgehead atoms. The molecule has 2 heteroatoms. The minimum Gasteiger partial charge on any atom is -0.392 e. The van der Waals surface area contributed by atoms with Crippen molar-refractivity contribution in [2.75, 3.05) is 0 Å². The van der Waals surface area contributed by atoms with Crippen LogP contribution in [0.5, 0.6) is 0 Å². The lowest BCUT2D eigenvalue weighted by Gasteiger charge is -2.65. The van der Waals surface area contributed by atoms with E-state index in [2.05, 4.69) is 13.8 Å². The minimum atomic E-state index is -0.454. The lowest BCUT2D eigenvalue weighted by atomic mass is 9.42. The second-order valence-corrected chi connectivity index (χ2v) is 6.83. The lowest BCUT2D eigenvalue weighted by Crippen LogP contribution is -2.64. The van der Waals surface area contributed by atoms with Crippen molar-refractivity contribution in [3.05, 3.63) is 0 Å². The van der Waals surface area contributed by atoms with Crippen LogP contribution in [0.2, 0.25) is 0 Å². The van der Waals surface area contributed by atoms with E-state index in [0.717, 1.165) is 32.1 Å². The molecule has 4 aliphatic rings. The predicted molar refractivity (Wildman–Crippen MR) is 53.7 cm³/mol. The molecule has 4 aliphatic carbocycles. The van der Waals surface area contributed by atoms with Crippen molar-refractivity contribution in [2.24, 2.45) is 16.7 Å². The van der Waals surface area contributed by atoms with Crippen LogP contribution in [0.4, 0.5) is 0 Å². The average molecular weight is 196 g/mol. The fraction of sp³-hybridized carbons (Fsp3) is 1.00. The molecule has 1 unspecified atom stereocenters. The highest BCUT2D eigenvalue weighted by atomic mass is 16.3. The molecular weight excluding hydrogens is 176 g/mol. The van der Waals surface area contributed by atoms with E-state index >= 15 is 0 Å². The summed E-state index contributed by atoms with van der Waals surface area (Å²) in [5, 5.41) is 20.6. The van der Waals surface area contributed by atoms with Gasteiger partial charge in [0, 0.05) is 0 Å². The van der Waals surface area contributed by atoms with Crippen molar-refractivity contribution in [3.8, 4) is 0 Å². The molecule has 0 aromatic rings. The Labute approximate surface area is 85.3 Å². The van der Waals surface area contributed by atoms with Gasteiger partial charge in [0.2, 0.25) is 0 Å². The lowest BCUT2D eigenvalue weighted by molar-refractivity contribution is -0.239. The minimum absolute atomic E-state index is 0.0110. The van der Waals surface area contributed by atoms with Crippen molar-refractivity contribution in [2.45, 2.75) is 57.7 Å². The quantitative estimate of drug-likeness (QED) is 0.619. The van der Waals surface area contributed by atoms with Crippen molar-refractivity contribution in [1.82, 2.24) is 0 Å². The van der Waals surface area contributed by atoms with Crippen LogP contribution < -0.4 is 0 Å². The third-order valence-electron chi connectivity index (χ3n) is 4.88. The van der Waals surface area contributed by atoms with Gasteiger partial charge in [-0.3, -0.25) is 0 Å². The van der Waals surface area contributed by atoms with E-state index in [9.17, 15) is 10.2 Å². The Morgan fingerprint density at radius 3 is 2.36 bits per heavy atom. The number of hydrogen-bond acceptors (Lipinski definition) is 2. The molecule has 4 fully saturated rings. The van der Waals surface area contributed by atoms with Crippen LogP contribution in [0.25, 0.3) is 0 Å². The van der Waals surface area contributed by atoms with Gasteiger partial charge in [0.1, 0.15) is 0 Å². The normalized spacial score (nSPS) is 66.0. The molecule has 0 aromatic heterocycles. The number of aliphatic hydroxyl groups excluding tert-OH is 1. The zero-order chi connectivity index (χ0) is 10.2. The summed E-state index contributed by atoms with van der Waals surface area (Å²) in [5.41, 5.74) is -0.170. The zero-order valence-electron chi connectivity index (χ0n) is 9.08. The number of hydrogen-bond donors (Lipinski definition) is 2. The van der Waals surface area contributed by atoms with E-state index in [1.54, 1.807) is 0 Å². The SMILES string of the molecule is C[C@@]12C[C@H]3C[C@@](O)(C1)C[C@@](C)(C2)C3O. The van der Waals surface area contributed by atoms with E-state index in [1.165, 1.54) is 0 Å². The molecule has 0 spiro atoms. The molecule has 4 rings (SSSR count). The maximum atomic E-state index is 10.4. The van der Waals surface area contributed by atoms with Gasteiger partial charge in [-0.15, -0.1) is 0 Å². The Balaban J connectivity index is 2.06. The summed E-state index contributed by atoms with van der Waals surface area (Å²) in [6, 6.07) is 0. The van der Waals surface area contributed by atoms with Crippen molar-refractivity contribution < 1.29 is 10.2 Å². The fourth-order valence-electron chi connectivity index (χ4n) is 5.19. The molecule has 80 valence electrons. The molecule has 0 saturated heterocycles. The molecular formula is C12H20O2. The van der Waals surface area contributed by atoms with E-state index in [4.69, 9.17) is 0 Å². The standard InChI is InChI=1S/C12H20O2/c1-10-3-8-4-12(14,6-10)7-11(2,5-10)9(8)13/h8-9,13-14H,3-7H2,1-2H3/t8-,9?,10-,11+,12+/m0/s1. The second-order valence-electron chi connectivity index (χ2n) is 6.83. The molecule has 0 radical (unpaired) electrons. The highest BCUT2D eigenvalue weighted by molar-refractivity contribution is 5.14. The monoisotopic (exact) mass is 196 g/mol. The van der Waals surface area contributed by atoms with Crippen LogP contribution in [-0.2, 0) is 0 Å². The van der Waals surface area contributed by atoms with Crippen molar-refractivity contribution in [1.29, 1.82) is 0 Å². The molecule has 0 aliphatic heterocycles. The fourth-order valence-corrected chi connectivity index (χ4v) is 5.19. The molecule has 4 saturated carbocycles.